The Morgan fingerprint density at radius 2 is 2.09 bits per heavy atom. The third-order valence-electron chi connectivity index (χ3n) is 1.52. The van der Waals surface area contributed by atoms with Gasteiger partial charge in [-0.15, -0.1) is 0 Å². The molecule has 0 saturated carbocycles. The van der Waals surface area contributed by atoms with Crippen LogP contribution in [0.1, 0.15) is 5.56 Å². The molecule has 0 aromatic heterocycles. The van der Waals surface area contributed by atoms with Gasteiger partial charge in [0.25, 0.3) is 0 Å². The second-order valence-corrected chi connectivity index (χ2v) is 2.82. The maximum Gasteiger partial charge on any atom is 0.0410 e. The molecule has 0 heterocycles. The highest BCUT2D eigenvalue weighted by atomic mass is 35.5. The van der Waals surface area contributed by atoms with Crippen molar-refractivity contribution in [2.75, 3.05) is 12.3 Å². The van der Waals surface area contributed by atoms with Gasteiger partial charge in [-0.3, -0.25) is 0 Å². The molecule has 60 valence electrons. The quantitative estimate of drug-likeness (QED) is 0.660. The second kappa shape index (κ2) is 3.60. The molecule has 0 saturated heterocycles. The van der Waals surface area contributed by atoms with E-state index in [1.165, 1.54) is 0 Å². The molecule has 0 atom stereocenters. The summed E-state index contributed by atoms with van der Waals surface area (Å²) in [5.41, 5.74) is 12.8. The zero-order chi connectivity index (χ0) is 8.27. The monoisotopic (exact) mass is 170 g/mol. The van der Waals surface area contributed by atoms with Crippen molar-refractivity contribution in [2.24, 2.45) is 5.73 Å². The average molecular weight is 171 g/mol. The van der Waals surface area contributed by atoms with E-state index in [4.69, 9.17) is 23.1 Å². The Labute approximate surface area is 71.1 Å². The summed E-state index contributed by atoms with van der Waals surface area (Å²) in [7, 11) is 0. The molecular formula is C8H11ClN2. The average Bonchev–Trinajstić information content (AvgIpc) is 1.98. The van der Waals surface area contributed by atoms with E-state index in [9.17, 15) is 0 Å². The molecule has 3 heteroatoms. The summed E-state index contributed by atoms with van der Waals surface area (Å²) in [6.45, 7) is 0.602. The number of nitrogens with two attached hydrogens (primary N) is 2. The molecule has 0 aliphatic rings. The van der Waals surface area contributed by atoms with E-state index in [0.29, 0.717) is 11.6 Å². The topological polar surface area (TPSA) is 52.0 Å². The highest BCUT2D eigenvalue weighted by Crippen LogP contribution is 2.17. The van der Waals surface area contributed by atoms with Crippen LogP contribution in [0, 0.1) is 0 Å². The number of rotatable bonds is 2. The molecule has 0 spiro atoms. The van der Waals surface area contributed by atoms with Crippen LogP contribution >= 0.6 is 11.6 Å². The van der Waals surface area contributed by atoms with Gasteiger partial charge < -0.3 is 11.5 Å². The van der Waals surface area contributed by atoms with E-state index >= 15 is 0 Å². The minimum absolute atomic E-state index is 0.602. The van der Waals surface area contributed by atoms with Gasteiger partial charge >= 0.3 is 0 Å². The van der Waals surface area contributed by atoms with Crippen LogP contribution in [0.2, 0.25) is 5.02 Å². The molecule has 0 aliphatic carbocycles. The van der Waals surface area contributed by atoms with Gasteiger partial charge in [-0.2, -0.15) is 0 Å². The van der Waals surface area contributed by atoms with Gasteiger partial charge in [0, 0.05) is 10.7 Å². The molecule has 4 N–H and O–H groups in total. The predicted molar refractivity (Wildman–Crippen MR) is 48.6 cm³/mol. The number of anilines is 1. The lowest BCUT2D eigenvalue weighted by Crippen LogP contribution is -2.04. The van der Waals surface area contributed by atoms with Crippen LogP contribution in [0.15, 0.2) is 18.2 Å². The first kappa shape index (κ1) is 8.37. The predicted octanol–water partition coefficient (Wildman–Crippen LogP) is 1.42. The Bertz CT molecular complexity index is 248. The van der Waals surface area contributed by atoms with E-state index in [2.05, 4.69) is 0 Å². The summed E-state index contributed by atoms with van der Waals surface area (Å²) in [4.78, 5) is 0. The number of nitrogen functional groups attached to an aromatic ring is 1. The lowest BCUT2D eigenvalue weighted by Gasteiger charge is -2.03. The molecule has 0 bridgehead atoms. The first-order valence-electron chi connectivity index (χ1n) is 3.48. The molecular weight excluding hydrogens is 160 g/mol. The number of hydrogen-bond acceptors (Lipinski definition) is 2. The zero-order valence-electron chi connectivity index (χ0n) is 6.18. The van der Waals surface area contributed by atoms with Gasteiger partial charge in [0.2, 0.25) is 0 Å². The molecule has 0 amide bonds. The van der Waals surface area contributed by atoms with E-state index in [0.717, 1.165) is 17.7 Å². The fourth-order valence-electron chi connectivity index (χ4n) is 0.946. The molecule has 1 rings (SSSR count). The van der Waals surface area contributed by atoms with Crippen molar-refractivity contribution >= 4 is 17.3 Å². The third kappa shape index (κ3) is 2.10. The Morgan fingerprint density at radius 3 is 2.73 bits per heavy atom. The van der Waals surface area contributed by atoms with Crippen LogP contribution in [0.3, 0.4) is 0 Å². The molecule has 1 aromatic rings. The van der Waals surface area contributed by atoms with Gasteiger partial charge in [-0.05, 0) is 36.7 Å². The van der Waals surface area contributed by atoms with Crippen molar-refractivity contribution in [3.8, 4) is 0 Å². The summed E-state index contributed by atoms with van der Waals surface area (Å²) in [6, 6.07) is 5.42. The molecule has 1 aromatic carbocycles. The normalized spacial score (nSPS) is 10.0. The summed E-state index contributed by atoms with van der Waals surface area (Å²) in [6.07, 6.45) is 0.784. The van der Waals surface area contributed by atoms with E-state index in [1.807, 2.05) is 6.07 Å². The fraction of sp³-hybridized carbons (Fsp3) is 0.250. The minimum atomic E-state index is 0.602. The maximum atomic E-state index is 5.76. The lowest BCUT2D eigenvalue weighted by molar-refractivity contribution is 0.971. The van der Waals surface area contributed by atoms with Crippen molar-refractivity contribution in [3.63, 3.8) is 0 Å². The van der Waals surface area contributed by atoms with E-state index in [-0.39, 0.29) is 0 Å². The highest BCUT2D eigenvalue weighted by molar-refractivity contribution is 6.30. The first-order valence-corrected chi connectivity index (χ1v) is 3.86. The maximum absolute atomic E-state index is 5.76. The number of hydrogen-bond donors (Lipinski definition) is 2. The Hall–Kier alpha value is -0.730. The molecule has 11 heavy (non-hydrogen) atoms. The van der Waals surface area contributed by atoms with E-state index in [1.54, 1.807) is 12.1 Å². The smallest absolute Gasteiger partial charge is 0.0410 e. The van der Waals surface area contributed by atoms with Gasteiger partial charge in [0.1, 0.15) is 0 Å². The van der Waals surface area contributed by atoms with Crippen molar-refractivity contribution in [1.29, 1.82) is 0 Å². The highest BCUT2D eigenvalue weighted by Gasteiger charge is 1.97. The van der Waals surface area contributed by atoms with Crippen molar-refractivity contribution in [2.45, 2.75) is 6.42 Å². The van der Waals surface area contributed by atoms with Gasteiger partial charge in [-0.1, -0.05) is 11.6 Å². The van der Waals surface area contributed by atoms with Crippen LogP contribution in [0.5, 0.6) is 0 Å². The second-order valence-electron chi connectivity index (χ2n) is 2.38. The first-order chi connectivity index (χ1) is 5.24. The summed E-state index contributed by atoms with van der Waals surface area (Å²) in [5, 5.41) is 0.711. The standard InChI is InChI=1S/C8H11ClN2/c9-7-1-2-8(11)6(5-7)3-4-10/h1-2,5H,3-4,10-11H2. The lowest BCUT2D eigenvalue weighted by atomic mass is 10.1. The molecule has 0 aliphatic heterocycles. The number of benzene rings is 1. The fourth-order valence-corrected chi connectivity index (χ4v) is 1.14. The Kier molecular flexibility index (Phi) is 2.74. The van der Waals surface area contributed by atoms with Crippen LogP contribution in [-0.4, -0.2) is 6.54 Å². The van der Waals surface area contributed by atoms with Crippen molar-refractivity contribution in [3.05, 3.63) is 28.8 Å². The van der Waals surface area contributed by atoms with Gasteiger partial charge in [0.15, 0.2) is 0 Å². The van der Waals surface area contributed by atoms with E-state index < -0.39 is 0 Å². The largest absolute Gasteiger partial charge is 0.399 e. The zero-order valence-corrected chi connectivity index (χ0v) is 6.93. The minimum Gasteiger partial charge on any atom is -0.399 e. The molecule has 2 nitrogen and oxygen atoms in total. The molecule has 0 unspecified atom stereocenters. The van der Waals surface area contributed by atoms with Gasteiger partial charge in [0.05, 0.1) is 0 Å². The van der Waals surface area contributed by atoms with Crippen molar-refractivity contribution < 1.29 is 0 Å². The number of halogens is 1. The van der Waals surface area contributed by atoms with Gasteiger partial charge in [-0.25, -0.2) is 0 Å². The Balaban J connectivity index is 2.93. The van der Waals surface area contributed by atoms with Crippen molar-refractivity contribution in [1.82, 2.24) is 0 Å². The third-order valence-corrected chi connectivity index (χ3v) is 1.75. The molecule has 0 radical (unpaired) electrons. The summed E-state index contributed by atoms with van der Waals surface area (Å²) in [5.74, 6) is 0. The molecule has 0 fully saturated rings. The van der Waals surface area contributed by atoms with Crippen LogP contribution in [-0.2, 0) is 6.42 Å². The van der Waals surface area contributed by atoms with Crippen LogP contribution < -0.4 is 11.5 Å². The SMILES string of the molecule is NCCc1cc(Cl)ccc1N. The van der Waals surface area contributed by atoms with Crippen LogP contribution in [0.4, 0.5) is 5.69 Å². The summed E-state index contributed by atoms with van der Waals surface area (Å²) < 4.78 is 0. The van der Waals surface area contributed by atoms with Crippen LogP contribution in [0.25, 0.3) is 0 Å². The summed E-state index contributed by atoms with van der Waals surface area (Å²) >= 11 is 5.76. The Morgan fingerprint density at radius 1 is 1.36 bits per heavy atom.